The van der Waals surface area contributed by atoms with Gasteiger partial charge in [0.1, 0.15) is 0 Å². The SMILES string of the molecule is CNCC(=O)Nc1ccc(C)c(-c2ccccc2)c1. The molecule has 3 nitrogen and oxygen atoms in total. The van der Waals surface area contributed by atoms with Crippen molar-refractivity contribution >= 4 is 11.6 Å². The third kappa shape index (κ3) is 3.42. The van der Waals surface area contributed by atoms with Gasteiger partial charge in [0.2, 0.25) is 5.91 Å². The molecule has 0 radical (unpaired) electrons. The van der Waals surface area contributed by atoms with Gasteiger partial charge in [0.25, 0.3) is 0 Å². The normalized spacial score (nSPS) is 10.2. The van der Waals surface area contributed by atoms with Crippen LogP contribution in [0, 0.1) is 6.92 Å². The molecule has 2 N–H and O–H groups in total. The molecule has 0 spiro atoms. The van der Waals surface area contributed by atoms with E-state index in [1.54, 1.807) is 7.05 Å². The van der Waals surface area contributed by atoms with Crippen molar-refractivity contribution in [2.45, 2.75) is 6.92 Å². The first-order chi connectivity index (χ1) is 9.20. The Hall–Kier alpha value is -2.13. The Balaban J connectivity index is 2.28. The average molecular weight is 254 g/mol. The minimum atomic E-state index is -0.0367. The number of nitrogens with one attached hydrogen (secondary N) is 2. The smallest absolute Gasteiger partial charge is 0.238 e. The van der Waals surface area contributed by atoms with Crippen molar-refractivity contribution < 1.29 is 4.79 Å². The maximum atomic E-state index is 11.6. The molecule has 0 bridgehead atoms. The van der Waals surface area contributed by atoms with Crippen molar-refractivity contribution in [2.75, 3.05) is 18.9 Å². The lowest BCUT2D eigenvalue weighted by Crippen LogP contribution is -2.25. The fourth-order valence-electron chi connectivity index (χ4n) is 1.99. The lowest BCUT2D eigenvalue weighted by Gasteiger charge is -2.10. The minimum Gasteiger partial charge on any atom is -0.325 e. The summed E-state index contributed by atoms with van der Waals surface area (Å²) in [6, 6.07) is 16.1. The second kappa shape index (κ2) is 6.16. The summed E-state index contributed by atoms with van der Waals surface area (Å²) < 4.78 is 0. The van der Waals surface area contributed by atoms with Gasteiger partial charge in [0.15, 0.2) is 0 Å². The number of aryl methyl sites for hydroxylation is 1. The zero-order valence-corrected chi connectivity index (χ0v) is 11.2. The van der Waals surface area contributed by atoms with Gasteiger partial charge in [0, 0.05) is 5.69 Å². The van der Waals surface area contributed by atoms with E-state index in [1.807, 2.05) is 36.4 Å². The van der Waals surface area contributed by atoms with Crippen molar-refractivity contribution in [3.8, 4) is 11.1 Å². The molecule has 0 unspecified atom stereocenters. The Morgan fingerprint density at radius 2 is 1.84 bits per heavy atom. The molecule has 0 aromatic heterocycles. The Bertz CT molecular complexity index is 564. The Labute approximate surface area is 113 Å². The number of carbonyl (C=O) groups is 1. The van der Waals surface area contributed by atoms with Crippen molar-refractivity contribution in [2.24, 2.45) is 0 Å². The molecule has 1 amide bonds. The van der Waals surface area contributed by atoms with E-state index in [0.717, 1.165) is 16.8 Å². The van der Waals surface area contributed by atoms with E-state index in [0.29, 0.717) is 6.54 Å². The highest BCUT2D eigenvalue weighted by Crippen LogP contribution is 2.26. The van der Waals surface area contributed by atoms with Gasteiger partial charge in [-0.15, -0.1) is 0 Å². The van der Waals surface area contributed by atoms with E-state index >= 15 is 0 Å². The molecule has 2 aromatic rings. The van der Waals surface area contributed by atoms with Crippen LogP contribution in [-0.2, 0) is 4.79 Å². The molecular weight excluding hydrogens is 236 g/mol. The van der Waals surface area contributed by atoms with Crippen LogP contribution in [0.3, 0.4) is 0 Å². The zero-order valence-electron chi connectivity index (χ0n) is 11.2. The summed E-state index contributed by atoms with van der Waals surface area (Å²) in [5.74, 6) is -0.0367. The second-order valence-electron chi connectivity index (χ2n) is 4.47. The van der Waals surface area contributed by atoms with E-state index < -0.39 is 0 Å². The molecule has 98 valence electrons. The van der Waals surface area contributed by atoms with Crippen LogP contribution in [0.5, 0.6) is 0 Å². The van der Waals surface area contributed by atoms with Crippen LogP contribution < -0.4 is 10.6 Å². The standard InChI is InChI=1S/C16H18N2O/c1-12-8-9-14(18-16(19)11-17-2)10-15(12)13-6-4-3-5-7-13/h3-10,17H,11H2,1-2H3,(H,18,19). The van der Waals surface area contributed by atoms with Crippen molar-refractivity contribution in [3.63, 3.8) is 0 Å². The highest BCUT2D eigenvalue weighted by atomic mass is 16.1. The average Bonchev–Trinajstić information content (AvgIpc) is 2.42. The lowest BCUT2D eigenvalue weighted by atomic mass is 10.00. The second-order valence-corrected chi connectivity index (χ2v) is 4.47. The molecule has 2 rings (SSSR count). The molecule has 0 saturated heterocycles. The Morgan fingerprint density at radius 3 is 2.53 bits per heavy atom. The quantitative estimate of drug-likeness (QED) is 0.881. The number of rotatable bonds is 4. The van der Waals surface area contributed by atoms with Crippen LogP contribution in [0.15, 0.2) is 48.5 Å². The van der Waals surface area contributed by atoms with Gasteiger partial charge in [-0.2, -0.15) is 0 Å². The van der Waals surface area contributed by atoms with Crippen LogP contribution >= 0.6 is 0 Å². The minimum absolute atomic E-state index is 0.0367. The van der Waals surface area contributed by atoms with Gasteiger partial charge in [-0.05, 0) is 42.8 Å². The summed E-state index contributed by atoms with van der Waals surface area (Å²) in [5.41, 5.74) is 4.31. The first-order valence-electron chi connectivity index (χ1n) is 6.31. The predicted molar refractivity (Wildman–Crippen MR) is 79.2 cm³/mol. The van der Waals surface area contributed by atoms with Crippen LogP contribution in [-0.4, -0.2) is 19.5 Å². The number of amides is 1. The van der Waals surface area contributed by atoms with Gasteiger partial charge in [-0.3, -0.25) is 4.79 Å². The van der Waals surface area contributed by atoms with Gasteiger partial charge < -0.3 is 10.6 Å². The molecule has 0 aliphatic carbocycles. The molecule has 3 heteroatoms. The van der Waals surface area contributed by atoms with E-state index in [1.165, 1.54) is 5.56 Å². The topological polar surface area (TPSA) is 41.1 Å². The fraction of sp³-hybridized carbons (Fsp3) is 0.188. The van der Waals surface area contributed by atoms with Crippen LogP contribution in [0.2, 0.25) is 0 Å². The van der Waals surface area contributed by atoms with Crippen molar-refractivity contribution in [1.29, 1.82) is 0 Å². The zero-order chi connectivity index (χ0) is 13.7. The van der Waals surface area contributed by atoms with Crippen molar-refractivity contribution in [3.05, 3.63) is 54.1 Å². The van der Waals surface area contributed by atoms with E-state index in [2.05, 4.69) is 29.7 Å². The molecule has 0 saturated carbocycles. The molecule has 0 aliphatic rings. The number of benzene rings is 2. The summed E-state index contributed by atoms with van der Waals surface area (Å²) in [5, 5.41) is 5.71. The number of hydrogen-bond donors (Lipinski definition) is 2. The first kappa shape index (κ1) is 13.3. The molecule has 0 fully saturated rings. The fourth-order valence-corrected chi connectivity index (χ4v) is 1.99. The Morgan fingerprint density at radius 1 is 1.11 bits per heavy atom. The monoisotopic (exact) mass is 254 g/mol. The number of anilines is 1. The third-order valence-electron chi connectivity index (χ3n) is 2.94. The van der Waals surface area contributed by atoms with Gasteiger partial charge >= 0.3 is 0 Å². The Kier molecular flexibility index (Phi) is 4.31. The summed E-state index contributed by atoms with van der Waals surface area (Å²) >= 11 is 0. The third-order valence-corrected chi connectivity index (χ3v) is 2.94. The van der Waals surface area contributed by atoms with E-state index in [4.69, 9.17) is 0 Å². The highest BCUT2D eigenvalue weighted by molar-refractivity contribution is 5.93. The number of hydrogen-bond acceptors (Lipinski definition) is 2. The molecule has 0 atom stereocenters. The van der Waals surface area contributed by atoms with Crippen LogP contribution in [0.1, 0.15) is 5.56 Å². The van der Waals surface area contributed by atoms with Crippen LogP contribution in [0.4, 0.5) is 5.69 Å². The van der Waals surface area contributed by atoms with Gasteiger partial charge in [-0.25, -0.2) is 0 Å². The summed E-state index contributed by atoms with van der Waals surface area (Å²) in [6.07, 6.45) is 0. The number of carbonyl (C=O) groups excluding carboxylic acids is 1. The van der Waals surface area contributed by atoms with E-state index in [-0.39, 0.29) is 5.91 Å². The largest absolute Gasteiger partial charge is 0.325 e. The maximum Gasteiger partial charge on any atom is 0.238 e. The molecule has 0 aliphatic heterocycles. The van der Waals surface area contributed by atoms with Crippen LogP contribution in [0.25, 0.3) is 11.1 Å². The predicted octanol–water partition coefficient (Wildman–Crippen LogP) is 2.82. The van der Waals surface area contributed by atoms with Crippen molar-refractivity contribution in [1.82, 2.24) is 5.32 Å². The van der Waals surface area contributed by atoms with E-state index in [9.17, 15) is 4.79 Å². The summed E-state index contributed by atoms with van der Waals surface area (Å²) in [7, 11) is 1.75. The van der Waals surface area contributed by atoms with Gasteiger partial charge in [0.05, 0.1) is 6.54 Å². The maximum absolute atomic E-state index is 11.6. The lowest BCUT2D eigenvalue weighted by molar-refractivity contribution is -0.115. The first-order valence-corrected chi connectivity index (χ1v) is 6.31. The molecule has 0 heterocycles. The summed E-state index contributed by atoms with van der Waals surface area (Å²) in [4.78, 5) is 11.6. The molecule has 19 heavy (non-hydrogen) atoms. The van der Waals surface area contributed by atoms with Gasteiger partial charge in [-0.1, -0.05) is 36.4 Å². The summed E-state index contributed by atoms with van der Waals surface area (Å²) in [6.45, 7) is 2.39. The molecular formula is C16H18N2O. The molecule has 2 aromatic carbocycles. The number of likely N-dealkylation sites (N-methyl/N-ethyl adjacent to an activating group) is 1. The highest BCUT2D eigenvalue weighted by Gasteiger charge is 2.05.